The van der Waals surface area contributed by atoms with Gasteiger partial charge in [-0.3, -0.25) is 9.89 Å². The summed E-state index contributed by atoms with van der Waals surface area (Å²) in [6, 6.07) is 14.5. The number of anilines is 2. The van der Waals surface area contributed by atoms with Crippen molar-refractivity contribution in [3.05, 3.63) is 74.6 Å². The van der Waals surface area contributed by atoms with Gasteiger partial charge in [-0.1, -0.05) is 43.1 Å². The van der Waals surface area contributed by atoms with Crippen LogP contribution in [-0.2, 0) is 0 Å². The second-order valence-electron chi connectivity index (χ2n) is 7.73. The summed E-state index contributed by atoms with van der Waals surface area (Å²) in [4.78, 5) is 19.8. The van der Waals surface area contributed by atoms with Gasteiger partial charge < -0.3 is 15.0 Å². The number of ether oxygens (including phenoxy) is 1. The molecular weight excluding hydrogens is 487 g/mol. The number of nitrogens with zero attached hydrogens (tertiary/aromatic N) is 4. The first-order valence-corrected chi connectivity index (χ1v) is 11.9. The van der Waals surface area contributed by atoms with Gasteiger partial charge in [0.15, 0.2) is 5.65 Å². The molecule has 35 heavy (non-hydrogen) atoms. The number of likely N-dealkylation sites (N-methyl/N-ethyl adjacent to an activating group) is 1. The molecule has 0 saturated carbocycles. The first-order chi connectivity index (χ1) is 17.0. The van der Waals surface area contributed by atoms with E-state index >= 15 is 0 Å². The lowest BCUT2D eigenvalue weighted by atomic mass is 10.1. The van der Waals surface area contributed by atoms with Crippen LogP contribution in [-0.4, -0.2) is 45.7 Å². The van der Waals surface area contributed by atoms with Crippen LogP contribution >= 0.6 is 23.2 Å². The van der Waals surface area contributed by atoms with Gasteiger partial charge >= 0.3 is 0 Å². The third-order valence-electron chi connectivity index (χ3n) is 5.70. The molecule has 8 nitrogen and oxygen atoms in total. The number of aromatic amines is 1. The van der Waals surface area contributed by atoms with Crippen molar-refractivity contribution >= 4 is 40.4 Å². The standard InChI is InChI=1S/C25H24Cl2N6O2/c1-3-32(4-2)12-13-35-17-10-8-16(9-11-17)30-23-18(14-28)24-29-15-19(25(34)33(24)31-23)22-20(26)6-5-7-21(22)27/h5-11,15,30-31H,3-4,12-13H2,1-2H3. The highest BCUT2D eigenvalue weighted by Gasteiger charge is 2.19. The topological polar surface area (TPSA) is 98.4 Å². The average Bonchev–Trinajstić information content (AvgIpc) is 3.22. The molecule has 0 aliphatic rings. The van der Waals surface area contributed by atoms with Gasteiger partial charge in [-0.05, 0) is 49.5 Å². The van der Waals surface area contributed by atoms with Crippen molar-refractivity contribution < 1.29 is 4.74 Å². The number of nitrogens with one attached hydrogen (secondary N) is 2. The molecule has 0 atom stereocenters. The molecule has 0 radical (unpaired) electrons. The van der Waals surface area contributed by atoms with E-state index in [0.29, 0.717) is 33.7 Å². The SMILES string of the molecule is CCN(CC)CCOc1ccc(Nc2[nH]n3c(=O)c(-c4c(Cl)cccc4Cl)cnc3c2C#N)cc1. The maximum absolute atomic E-state index is 13.2. The van der Waals surface area contributed by atoms with Crippen LogP contribution in [0.4, 0.5) is 11.5 Å². The van der Waals surface area contributed by atoms with Gasteiger partial charge in [0.2, 0.25) is 0 Å². The second kappa shape index (κ2) is 10.8. The summed E-state index contributed by atoms with van der Waals surface area (Å²) in [5, 5.41) is 16.5. The van der Waals surface area contributed by atoms with E-state index in [-0.39, 0.29) is 16.8 Å². The van der Waals surface area contributed by atoms with Crippen LogP contribution in [0.15, 0.2) is 53.5 Å². The zero-order chi connectivity index (χ0) is 24.9. The number of halogens is 2. The molecule has 2 aromatic carbocycles. The van der Waals surface area contributed by atoms with Crippen LogP contribution in [0.3, 0.4) is 0 Å². The molecule has 0 fully saturated rings. The highest BCUT2D eigenvalue weighted by atomic mass is 35.5. The molecule has 180 valence electrons. The molecule has 0 aliphatic carbocycles. The molecule has 2 aromatic heterocycles. The van der Waals surface area contributed by atoms with Gasteiger partial charge in [0.25, 0.3) is 5.56 Å². The number of benzene rings is 2. The lowest BCUT2D eigenvalue weighted by molar-refractivity contribution is 0.223. The summed E-state index contributed by atoms with van der Waals surface area (Å²) in [6.07, 6.45) is 1.38. The van der Waals surface area contributed by atoms with Gasteiger partial charge in [-0.25, -0.2) is 4.98 Å². The van der Waals surface area contributed by atoms with E-state index in [4.69, 9.17) is 27.9 Å². The largest absolute Gasteiger partial charge is 0.492 e. The summed E-state index contributed by atoms with van der Waals surface area (Å²) < 4.78 is 7.03. The highest BCUT2D eigenvalue weighted by molar-refractivity contribution is 6.39. The average molecular weight is 511 g/mol. The minimum atomic E-state index is -0.425. The normalized spacial score (nSPS) is 11.1. The molecule has 0 bridgehead atoms. The summed E-state index contributed by atoms with van der Waals surface area (Å²) in [5.74, 6) is 1.09. The van der Waals surface area contributed by atoms with Crippen molar-refractivity contribution in [2.24, 2.45) is 0 Å². The van der Waals surface area contributed by atoms with Crippen molar-refractivity contribution in [2.75, 3.05) is 31.6 Å². The number of hydrogen-bond acceptors (Lipinski definition) is 6. The molecule has 4 rings (SSSR count). The van der Waals surface area contributed by atoms with Crippen LogP contribution in [0.25, 0.3) is 16.8 Å². The van der Waals surface area contributed by atoms with Crippen molar-refractivity contribution in [3.8, 4) is 22.9 Å². The molecular formula is C25H24Cl2N6O2. The minimum Gasteiger partial charge on any atom is -0.492 e. The fourth-order valence-corrected chi connectivity index (χ4v) is 4.35. The predicted molar refractivity (Wildman–Crippen MR) is 139 cm³/mol. The Labute approximate surface area is 212 Å². The predicted octanol–water partition coefficient (Wildman–Crippen LogP) is 5.33. The molecule has 0 saturated heterocycles. The van der Waals surface area contributed by atoms with E-state index in [9.17, 15) is 10.1 Å². The van der Waals surface area contributed by atoms with E-state index in [1.165, 1.54) is 10.7 Å². The van der Waals surface area contributed by atoms with E-state index in [0.717, 1.165) is 25.4 Å². The number of aromatic nitrogens is 3. The minimum absolute atomic E-state index is 0.197. The van der Waals surface area contributed by atoms with Gasteiger partial charge in [0.05, 0.1) is 15.6 Å². The Balaban J connectivity index is 1.59. The maximum atomic E-state index is 13.2. The Hall–Kier alpha value is -3.51. The molecule has 0 amide bonds. The van der Waals surface area contributed by atoms with Crippen molar-refractivity contribution in [2.45, 2.75) is 13.8 Å². The monoisotopic (exact) mass is 510 g/mol. The fourth-order valence-electron chi connectivity index (χ4n) is 3.75. The third-order valence-corrected chi connectivity index (χ3v) is 6.33. The maximum Gasteiger partial charge on any atom is 0.280 e. The van der Waals surface area contributed by atoms with Gasteiger partial charge in [0, 0.05) is 24.0 Å². The number of H-pyrrole nitrogens is 1. The van der Waals surface area contributed by atoms with E-state index in [2.05, 4.69) is 40.2 Å². The van der Waals surface area contributed by atoms with Gasteiger partial charge in [-0.15, -0.1) is 0 Å². The molecule has 10 heteroatoms. The molecule has 0 aliphatic heterocycles. The molecule has 0 unspecified atom stereocenters. The van der Waals surface area contributed by atoms with E-state index < -0.39 is 5.56 Å². The molecule has 0 spiro atoms. The molecule has 4 aromatic rings. The Morgan fingerprint density at radius 2 is 1.83 bits per heavy atom. The number of fused-ring (bicyclic) bond motifs is 1. The number of nitriles is 1. The van der Waals surface area contributed by atoms with Crippen molar-refractivity contribution in [1.29, 1.82) is 5.26 Å². The molecule has 2 N–H and O–H groups in total. The van der Waals surface area contributed by atoms with Crippen LogP contribution < -0.4 is 15.6 Å². The zero-order valence-corrected chi connectivity index (χ0v) is 20.8. The lowest BCUT2D eigenvalue weighted by Gasteiger charge is -2.18. The quantitative estimate of drug-likeness (QED) is 0.315. The summed E-state index contributed by atoms with van der Waals surface area (Å²) in [6.45, 7) is 7.68. The number of hydrogen-bond donors (Lipinski definition) is 2. The Bertz CT molecular complexity index is 1420. The van der Waals surface area contributed by atoms with Gasteiger partial charge in [-0.2, -0.15) is 9.78 Å². The first kappa shape index (κ1) is 24.6. The van der Waals surface area contributed by atoms with Gasteiger partial charge in [0.1, 0.15) is 29.8 Å². The first-order valence-electron chi connectivity index (χ1n) is 11.2. The van der Waals surface area contributed by atoms with Crippen LogP contribution in [0.1, 0.15) is 19.4 Å². The second-order valence-corrected chi connectivity index (χ2v) is 8.55. The fraction of sp³-hybridized carbons (Fsp3) is 0.240. The smallest absolute Gasteiger partial charge is 0.280 e. The van der Waals surface area contributed by atoms with Crippen LogP contribution in [0, 0.1) is 11.3 Å². The Morgan fingerprint density at radius 3 is 2.46 bits per heavy atom. The summed E-state index contributed by atoms with van der Waals surface area (Å²) >= 11 is 12.6. The summed E-state index contributed by atoms with van der Waals surface area (Å²) in [7, 11) is 0. The van der Waals surface area contributed by atoms with Crippen LogP contribution in [0.2, 0.25) is 10.0 Å². The third kappa shape index (κ3) is 5.13. The Kier molecular flexibility index (Phi) is 7.61. The van der Waals surface area contributed by atoms with E-state index in [1.807, 2.05) is 24.3 Å². The van der Waals surface area contributed by atoms with Crippen molar-refractivity contribution in [1.82, 2.24) is 19.5 Å². The van der Waals surface area contributed by atoms with Crippen molar-refractivity contribution in [3.63, 3.8) is 0 Å². The lowest BCUT2D eigenvalue weighted by Crippen LogP contribution is -2.27. The molecule has 2 heterocycles. The Morgan fingerprint density at radius 1 is 1.14 bits per heavy atom. The highest BCUT2D eigenvalue weighted by Crippen LogP contribution is 2.33. The number of rotatable bonds is 9. The zero-order valence-electron chi connectivity index (χ0n) is 19.3. The summed E-state index contributed by atoms with van der Waals surface area (Å²) in [5.41, 5.74) is 1.31. The van der Waals surface area contributed by atoms with E-state index in [1.54, 1.807) is 18.2 Å². The van der Waals surface area contributed by atoms with Crippen LogP contribution in [0.5, 0.6) is 5.75 Å².